The summed E-state index contributed by atoms with van der Waals surface area (Å²) < 4.78 is 9.77. The van der Waals surface area contributed by atoms with Crippen LogP contribution in [0.25, 0.3) is 6.08 Å². The third-order valence-electron chi connectivity index (χ3n) is 2.04. The Morgan fingerprint density at radius 2 is 2.06 bits per heavy atom. The van der Waals surface area contributed by atoms with E-state index < -0.39 is 5.97 Å². The molecule has 0 aliphatic rings. The van der Waals surface area contributed by atoms with Crippen molar-refractivity contribution in [3.8, 4) is 11.8 Å². The Morgan fingerprint density at radius 3 is 2.53 bits per heavy atom. The van der Waals surface area contributed by atoms with Gasteiger partial charge in [0.05, 0.1) is 13.7 Å². The number of esters is 1. The van der Waals surface area contributed by atoms with Gasteiger partial charge >= 0.3 is 5.97 Å². The minimum atomic E-state index is -0.606. The molecule has 0 fully saturated rings. The highest BCUT2D eigenvalue weighted by Gasteiger charge is 2.09. The van der Waals surface area contributed by atoms with E-state index in [2.05, 4.69) is 0 Å². The number of ether oxygens (including phenoxy) is 2. The molecule has 0 bridgehead atoms. The molecule has 0 spiro atoms. The van der Waals surface area contributed by atoms with Crippen molar-refractivity contribution >= 4 is 12.0 Å². The molecule has 1 aromatic carbocycles. The quantitative estimate of drug-likeness (QED) is 0.452. The zero-order chi connectivity index (χ0) is 12.7. The summed E-state index contributed by atoms with van der Waals surface area (Å²) in [6.45, 7) is 1.95. The van der Waals surface area contributed by atoms with Gasteiger partial charge in [-0.2, -0.15) is 5.26 Å². The van der Waals surface area contributed by atoms with Crippen molar-refractivity contribution in [1.29, 1.82) is 5.26 Å². The first-order chi connectivity index (χ1) is 8.21. The van der Waals surface area contributed by atoms with Crippen LogP contribution in [0.15, 0.2) is 29.8 Å². The van der Waals surface area contributed by atoms with Gasteiger partial charge in [-0.25, -0.2) is 4.79 Å². The lowest BCUT2D eigenvalue weighted by Crippen LogP contribution is -2.05. The van der Waals surface area contributed by atoms with Gasteiger partial charge in [-0.15, -0.1) is 0 Å². The first-order valence-electron chi connectivity index (χ1n) is 5.14. The Labute approximate surface area is 100 Å². The smallest absolute Gasteiger partial charge is 0.348 e. The summed E-state index contributed by atoms with van der Waals surface area (Å²) in [5.41, 5.74) is 0.729. The Morgan fingerprint density at radius 1 is 1.41 bits per heavy atom. The van der Waals surface area contributed by atoms with Crippen LogP contribution in [-0.4, -0.2) is 19.7 Å². The van der Waals surface area contributed by atoms with E-state index in [-0.39, 0.29) is 12.2 Å². The predicted molar refractivity (Wildman–Crippen MR) is 63.2 cm³/mol. The van der Waals surface area contributed by atoms with E-state index in [0.717, 1.165) is 11.3 Å². The zero-order valence-corrected chi connectivity index (χ0v) is 9.77. The van der Waals surface area contributed by atoms with E-state index in [9.17, 15) is 4.79 Å². The average Bonchev–Trinajstić information content (AvgIpc) is 2.37. The largest absolute Gasteiger partial charge is 0.497 e. The second-order valence-electron chi connectivity index (χ2n) is 3.16. The second-order valence-corrected chi connectivity index (χ2v) is 3.16. The maximum atomic E-state index is 11.4. The molecule has 0 aliphatic carbocycles. The normalized spacial score (nSPS) is 10.5. The third kappa shape index (κ3) is 3.65. The van der Waals surface area contributed by atoms with Crippen molar-refractivity contribution in [2.45, 2.75) is 6.92 Å². The molecule has 4 nitrogen and oxygen atoms in total. The summed E-state index contributed by atoms with van der Waals surface area (Å²) in [6, 6.07) is 8.85. The highest BCUT2D eigenvalue weighted by molar-refractivity contribution is 5.97. The number of rotatable bonds is 4. The van der Waals surface area contributed by atoms with E-state index in [4.69, 9.17) is 14.7 Å². The molecule has 0 saturated carbocycles. The van der Waals surface area contributed by atoms with Crippen LogP contribution in [0.1, 0.15) is 12.5 Å². The molecule has 0 unspecified atom stereocenters. The van der Waals surface area contributed by atoms with Gasteiger partial charge in [-0.05, 0) is 30.7 Å². The van der Waals surface area contributed by atoms with E-state index in [1.54, 1.807) is 38.3 Å². The van der Waals surface area contributed by atoms with Crippen LogP contribution in [0.2, 0.25) is 0 Å². The van der Waals surface area contributed by atoms with Crippen LogP contribution < -0.4 is 4.74 Å². The molecule has 0 atom stereocenters. The molecule has 88 valence electrons. The Kier molecular flexibility index (Phi) is 4.77. The lowest BCUT2D eigenvalue weighted by atomic mass is 10.1. The molecule has 0 radical (unpaired) electrons. The van der Waals surface area contributed by atoms with Crippen molar-refractivity contribution < 1.29 is 14.3 Å². The van der Waals surface area contributed by atoms with E-state index in [1.807, 2.05) is 6.07 Å². The van der Waals surface area contributed by atoms with Gasteiger partial charge in [0.1, 0.15) is 17.4 Å². The van der Waals surface area contributed by atoms with Gasteiger partial charge < -0.3 is 9.47 Å². The van der Waals surface area contributed by atoms with Crippen molar-refractivity contribution in [2.75, 3.05) is 13.7 Å². The van der Waals surface area contributed by atoms with Crippen LogP contribution >= 0.6 is 0 Å². The fourth-order valence-corrected chi connectivity index (χ4v) is 1.21. The zero-order valence-electron chi connectivity index (χ0n) is 9.77. The van der Waals surface area contributed by atoms with Crippen molar-refractivity contribution in [2.24, 2.45) is 0 Å². The van der Waals surface area contributed by atoms with Crippen LogP contribution in [0, 0.1) is 11.3 Å². The summed E-state index contributed by atoms with van der Waals surface area (Å²) in [5, 5.41) is 8.84. The number of hydrogen-bond acceptors (Lipinski definition) is 4. The monoisotopic (exact) mass is 231 g/mol. The van der Waals surface area contributed by atoms with E-state index in [0.29, 0.717) is 0 Å². The molecule has 1 rings (SSSR count). The molecule has 0 amide bonds. The molecule has 0 aliphatic heterocycles. The number of carbonyl (C=O) groups excluding carboxylic acids is 1. The minimum Gasteiger partial charge on any atom is -0.497 e. The maximum absolute atomic E-state index is 11.4. The topological polar surface area (TPSA) is 59.3 Å². The molecule has 4 heteroatoms. The van der Waals surface area contributed by atoms with Gasteiger partial charge in [0.15, 0.2) is 0 Å². The van der Waals surface area contributed by atoms with Crippen LogP contribution in [0.3, 0.4) is 0 Å². The highest BCUT2D eigenvalue weighted by atomic mass is 16.5. The summed E-state index contributed by atoms with van der Waals surface area (Å²) in [4.78, 5) is 11.4. The van der Waals surface area contributed by atoms with E-state index in [1.165, 1.54) is 6.08 Å². The maximum Gasteiger partial charge on any atom is 0.348 e. The van der Waals surface area contributed by atoms with Crippen molar-refractivity contribution in [3.63, 3.8) is 0 Å². The van der Waals surface area contributed by atoms with Gasteiger partial charge in [0.25, 0.3) is 0 Å². The van der Waals surface area contributed by atoms with Crippen molar-refractivity contribution in [1.82, 2.24) is 0 Å². The molecule has 0 N–H and O–H groups in total. The van der Waals surface area contributed by atoms with Gasteiger partial charge in [-0.3, -0.25) is 0 Å². The van der Waals surface area contributed by atoms with E-state index >= 15 is 0 Å². The second kappa shape index (κ2) is 6.33. The Bertz CT molecular complexity index is 455. The van der Waals surface area contributed by atoms with Crippen LogP contribution in [-0.2, 0) is 9.53 Å². The lowest BCUT2D eigenvalue weighted by molar-refractivity contribution is -0.137. The fraction of sp³-hybridized carbons (Fsp3) is 0.231. The number of methoxy groups -OCH3 is 1. The number of carbonyl (C=O) groups is 1. The lowest BCUT2D eigenvalue weighted by Gasteiger charge is -2.01. The van der Waals surface area contributed by atoms with Gasteiger partial charge in [0.2, 0.25) is 0 Å². The van der Waals surface area contributed by atoms with Crippen molar-refractivity contribution in [3.05, 3.63) is 35.4 Å². The highest BCUT2D eigenvalue weighted by Crippen LogP contribution is 2.14. The standard InChI is InChI=1S/C13H13NO3/c1-3-17-13(15)11(9-14)8-10-4-6-12(16-2)7-5-10/h4-8H,3H2,1-2H3/b11-8+. The minimum absolute atomic E-state index is 0.0167. The fourth-order valence-electron chi connectivity index (χ4n) is 1.21. The summed E-state index contributed by atoms with van der Waals surface area (Å²) in [5.74, 6) is 0.114. The molecule has 17 heavy (non-hydrogen) atoms. The first-order valence-corrected chi connectivity index (χ1v) is 5.14. The van der Waals surface area contributed by atoms with Gasteiger partial charge in [-0.1, -0.05) is 12.1 Å². The SMILES string of the molecule is CCOC(=O)/C(C#N)=C/c1ccc(OC)cc1. The molecule has 0 heterocycles. The molecular weight excluding hydrogens is 218 g/mol. The third-order valence-corrected chi connectivity index (χ3v) is 2.04. The number of hydrogen-bond donors (Lipinski definition) is 0. The van der Waals surface area contributed by atoms with Crippen LogP contribution in [0.4, 0.5) is 0 Å². The summed E-state index contributed by atoms with van der Waals surface area (Å²) in [6.07, 6.45) is 1.48. The predicted octanol–water partition coefficient (Wildman–Crippen LogP) is 2.17. The molecule has 0 saturated heterocycles. The average molecular weight is 231 g/mol. The molecular formula is C13H13NO3. The number of benzene rings is 1. The Balaban J connectivity index is 2.91. The molecule has 1 aromatic rings. The number of nitrogens with zero attached hydrogens (tertiary/aromatic N) is 1. The molecule has 0 aromatic heterocycles. The summed E-state index contributed by atoms with van der Waals surface area (Å²) >= 11 is 0. The number of nitriles is 1. The Hall–Kier alpha value is -2.28. The van der Waals surface area contributed by atoms with Gasteiger partial charge in [0, 0.05) is 0 Å². The summed E-state index contributed by atoms with van der Waals surface area (Å²) in [7, 11) is 1.57. The van der Waals surface area contributed by atoms with Crippen LogP contribution in [0.5, 0.6) is 5.75 Å². The first kappa shape index (κ1) is 12.8.